The third-order valence-electron chi connectivity index (χ3n) is 10.1. The van der Waals surface area contributed by atoms with Crippen LogP contribution in [-0.2, 0) is 28.8 Å². The first kappa shape index (κ1) is 35.3. The second kappa shape index (κ2) is 14.4. The predicted octanol–water partition coefficient (Wildman–Crippen LogP) is 3.92. The molecular formula is C37H48N6O7. The standard InChI is InChI=1S/C37H48N6O7/c1-5-10-26(30(44)33(46)39-23-16-17-23)40-32(45)28-20-37(19-27(42-50-37)25-15-8-11-22-12-9-18-38-29(22)25)21-43(28)34(47)31(36(2,3)4)41-35(48)49-24-13-6-7-14-24/h8-9,11-12,15,18,23-24,26,28,31H,5-7,10,13-14,16-17,19-21H2,1-4H3,(H,39,46)(H,40,45)(H,41,48)/t26-,28-,31+,37+/m0/s1. The maximum atomic E-state index is 14.6. The number of Topliss-reactive ketones (excluding diaryl/α,β-unsaturated/α-hetero) is 1. The number of carbonyl (C=O) groups excluding carboxylic acids is 5. The number of alkyl carbamates (subject to hydrolysis) is 1. The highest BCUT2D eigenvalue weighted by Gasteiger charge is 2.56. The van der Waals surface area contributed by atoms with Crippen molar-refractivity contribution in [1.82, 2.24) is 25.8 Å². The lowest BCUT2D eigenvalue weighted by Crippen LogP contribution is -2.59. The van der Waals surface area contributed by atoms with Crippen LogP contribution in [0, 0.1) is 5.41 Å². The number of pyridine rings is 1. The number of benzene rings is 1. The zero-order valence-corrected chi connectivity index (χ0v) is 29.3. The van der Waals surface area contributed by atoms with Crippen molar-refractivity contribution in [3.05, 3.63) is 42.1 Å². The summed E-state index contributed by atoms with van der Waals surface area (Å²) in [5.74, 6) is -2.49. The molecule has 3 heterocycles. The van der Waals surface area contributed by atoms with Gasteiger partial charge in [0.25, 0.3) is 5.91 Å². The van der Waals surface area contributed by atoms with Crippen LogP contribution in [0.3, 0.4) is 0 Å². The number of rotatable bonds is 11. The highest BCUT2D eigenvalue weighted by molar-refractivity contribution is 6.38. The van der Waals surface area contributed by atoms with Crippen LogP contribution in [0.5, 0.6) is 0 Å². The quantitative estimate of drug-likeness (QED) is 0.299. The van der Waals surface area contributed by atoms with Gasteiger partial charge in [0.2, 0.25) is 17.6 Å². The first-order valence-electron chi connectivity index (χ1n) is 17.9. The van der Waals surface area contributed by atoms with E-state index in [1.165, 1.54) is 4.90 Å². The van der Waals surface area contributed by atoms with Gasteiger partial charge in [-0.05, 0) is 56.4 Å². The highest BCUT2D eigenvalue weighted by atomic mass is 16.7. The van der Waals surface area contributed by atoms with E-state index in [0.29, 0.717) is 18.6 Å². The van der Waals surface area contributed by atoms with Gasteiger partial charge in [0.1, 0.15) is 18.2 Å². The Hall–Kier alpha value is -4.55. The molecule has 1 aromatic heterocycles. The lowest BCUT2D eigenvalue weighted by molar-refractivity contribution is -0.144. The van der Waals surface area contributed by atoms with Crippen molar-refractivity contribution in [2.24, 2.45) is 10.6 Å². The molecule has 1 saturated heterocycles. The fourth-order valence-corrected chi connectivity index (χ4v) is 7.20. The summed E-state index contributed by atoms with van der Waals surface area (Å²) in [6.07, 6.45) is 7.18. The van der Waals surface area contributed by atoms with Gasteiger partial charge in [-0.1, -0.05) is 63.5 Å². The second-order valence-electron chi connectivity index (χ2n) is 15.3. The summed E-state index contributed by atoms with van der Waals surface area (Å²) in [7, 11) is 0. The van der Waals surface area contributed by atoms with Crippen LogP contribution < -0.4 is 16.0 Å². The summed E-state index contributed by atoms with van der Waals surface area (Å²) >= 11 is 0. The molecule has 1 aromatic carbocycles. The van der Waals surface area contributed by atoms with Gasteiger partial charge in [0.05, 0.1) is 23.8 Å². The number of fused-ring (bicyclic) bond motifs is 1. The molecule has 2 aliphatic heterocycles. The molecule has 0 bridgehead atoms. The van der Waals surface area contributed by atoms with E-state index < -0.39 is 58.7 Å². The third kappa shape index (κ3) is 7.76. The van der Waals surface area contributed by atoms with Gasteiger partial charge in [-0.3, -0.25) is 24.2 Å². The Morgan fingerprint density at radius 1 is 1.04 bits per heavy atom. The number of hydrogen-bond acceptors (Lipinski definition) is 9. The summed E-state index contributed by atoms with van der Waals surface area (Å²) in [6.45, 7) is 7.38. The number of carbonyl (C=O) groups is 5. The van der Waals surface area contributed by atoms with Crippen LogP contribution in [0.15, 0.2) is 41.7 Å². The molecule has 6 rings (SSSR count). The Labute approximate surface area is 292 Å². The van der Waals surface area contributed by atoms with Crippen molar-refractivity contribution < 1.29 is 33.5 Å². The maximum Gasteiger partial charge on any atom is 0.408 e. The van der Waals surface area contributed by atoms with Crippen LogP contribution in [0.2, 0.25) is 0 Å². The Morgan fingerprint density at radius 2 is 1.78 bits per heavy atom. The van der Waals surface area contributed by atoms with E-state index in [9.17, 15) is 24.0 Å². The van der Waals surface area contributed by atoms with E-state index in [4.69, 9.17) is 9.57 Å². The number of oxime groups is 1. The number of hydrogen-bond donors (Lipinski definition) is 3. The number of ether oxygens (including phenoxy) is 1. The zero-order valence-electron chi connectivity index (χ0n) is 29.3. The van der Waals surface area contributed by atoms with Crippen LogP contribution >= 0.6 is 0 Å². The third-order valence-corrected chi connectivity index (χ3v) is 10.1. The molecule has 4 aliphatic rings. The molecule has 13 heteroatoms. The summed E-state index contributed by atoms with van der Waals surface area (Å²) in [5.41, 5.74) is 0.397. The Kier molecular flexibility index (Phi) is 10.1. The van der Waals surface area contributed by atoms with Gasteiger partial charge in [-0.15, -0.1) is 0 Å². The average Bonchev–Trinajstić information content (AvgIpc) is 3.43. The summed E-state index contributed by atoms with van der Waals surface area (Å²) in [5, 5.41) is 13.7. The molecule has 0 radical (unpaired) electrons. The summed E-state index contributed by atoms with van der Waals surface area (Å²) in [4.78, 5) is 79.9. The van der Waals surface area contributed by atoms with E-state index >= 15 is 0 Å². The molecule has 0 unspecified atom stereocenters. The van der Waals surface area contributed by atoms with Crippen molar-refractivity contribution in [3.8, 4) is 0 Å². The largest absolute Gasteiger partial charge is 0.446 e. The smallest absolute Gasteiger partial charge is 0.408 e. The Morgan fingerprint density at radius 3 is 2.48 bits per heavy atom. The van der Waals surface area contributed by atoms with Crippen LogP contribution in [0.25, 0.3) is 10.9 Å². The molecule has 13 nitrogen and oxygen atoms in total. The fourth-order valence-electron chi connectivity index (χ4n) is 7.20. The van der Waals surface area contributed by atoms with Gasteiger partial charge < -0.3 is 30.4 Å². The number of nitrogens with one attached hydrogen (secondary N) is 3. The first-order valence-corrected chi connectivity index (χ1v) is 17.9. The predicted molar refractivity (Wildman–Crippen MR) is 185 cm³/mol. The number of para-hydroxylation sites is 1. The van der Waals surface area contributed by atoms with Gasteiger partial charge in [0, 0.05) is 36.0 Å². The minimum absolute atomic E-state index is 0.00953. The topological polar surface area (TPSA) is 168 Å². The van der Waals surface area contributed by atoms with Gasteiger partial charge >= 0.3 is 6.09 Å². The minimum Gasteiger partial charge on any atom is -0.446 e. The normalized spacial score (nSPS) is 23.2. The van der Waals surface area contributed by atoms with Gasteiger partial charge in [-0.2, -0.15) is 0 Å². The van der Waals surface area contributed by atoms with E-state index in [0.717, 1.165) is 55.0 Å². The lowest BCUT2D eigenvalue weighted by Gasteiger charge is -2.35. The average molecular weight is 689 g/mol. The molecule has 268 valence electrons. The lowest BCUT2D eigenvalue weighted by atomic mass is 9.85. The SMILES string of the molecule is CCC[C@H](NC(=O)[C@@H]1C[C@]2(CC(c3cccc4cccnc34)=NO2)CN1C(=O)[C@@H](NC(=O)OC1CCCC1)C(C)(C)C)C(=O)C(=O)NC1CC1. The van der Waals surface area contributed by atoms with Crippen LogP contribution in [0.1, 0.15) is 97.5 Å². The molecule has 2 saturated carbocycles. The molecule has 4 amide bonds. The Bertz CT molecular complexity index is 1670. The molecule has 2 aromatic rings. The first-order chi connectivity index (χ1) is 23.9. The number of likely N-dealkylation sites (tertiary alicyclic amines) is 1. The molecule has 4 atom stereocenters. The van der Waals surface area contributed by atoms with Crippen LogP contribution in [-0.4, -0.2) is 87.6 Å². The summed E-state index contributed by atoms with van der Waals surface area (Å²) in [6, 6.07) is 6.44. The maximum absolute atomic E-state index is 14.6. The molecule has 3 N–H and O–H groups in total. The number of nitrogens with zero attached hydrogens (tertiary/aromatic N) is 3. The second-order valence-corrected chi connectivity index (χ2v) is 15.3. The number of ketones is 1. The molecule has 3 fully saturated rings. The van der Waals surface area contributed by atoms with Crippen molar-refractivity contribution >= 4 is 46.2 Å². The number of amides is 4. The van der Waals surface area contributed by atoms with E-state index in [-0.39, 0.29) is 31.5 Å². The van der Waals surface area contributed by atoms with E-state index in [1.807, 2.05) is 58.0 Å². The van der Waals surface area contributed by atoms with E-state index in [1.54, 1.807) is 6.20 Å². The van der Waals surface area contributed by atoms with Crippen molar-refractivity contribution in [2.45, 2.75) is 128 Å². The van der Waals surface area contributed by atoms with Crippen molar-refractivity contribution in [2.75, 3.05) is 6.54 Å². The summed E-state index contributed by atoms with van der Waals surface area (Å²) < 4.78 is 5.65. The van der Waals surface area contributed by atoms with Gasteiger partial charge in [0.15, 0.2) is 5.60 Å². The van der Waals surface area contributed by atoms with E-state index in [2.05, 4.69) is 26.1 Å². The van der Waals surface area contributed by atoms with Crippen LogP contribution in [0.4, 0.5) is 4.79 Å². The molecule has 2 aliphatic carbocycles. The molecule has 50 heavy (non-hydrogen) atoms. The number of aromatic nitrogens is 1. The molecular weight excluding hydrogens is 640 g/mol. The minimum atomic E-state index is -1.07. The highest BCUT2D eigenvalue weighted by Crippen LogP contribution is 2.40. The monoisotopic (exact) mass is 688 g/mol. The fraction of sp³-hybridized carbons (Fsp3) is 0.595. The zero-order chi connectivity index (χ0) is 35.6. The van der Waals surface area contributed by atoms with Crippen molar-refractivity contribution in [1.29, 1.82) is 0 Å². The Balaban J connectivity index is 1.26. The molecule has 1 spiro atoms. The van der Waals surface area contributed by atoms with Crippen molar-refractivity contribution in [3.63, 3.8) is 0 Å². The van der Waals surface area contributed by atoms with Gasteiger partial charge in [-0.25, -0.2) is 4.79 Å².